The fourth-order valence-corrected chi connectivity index (χ4v) is 2.54. The molecule has 21 heavy (non-hydrogen) atoms. The smallest absolute Gasteiger partial charge is 0.238 e. The number of amides is 1. The van der Waals surface area contributed by atoms with Crippen LogP contribution >= 0.6 is 12.4 Å². The number of hydrogen-bond donors (Lipinski definition) is 1. The zero-order chi connectivity index (χ0) is 14.2. The molecule has 5 heteroatoms. The Hall–Kier alpha value is -1.26. The summed E-state index contributed by atoms with van der Waals surface area (Å²) in [5.74, 6) is 0.776. The van der Waals surface area contributed by atoms with Crippen LogP contribution in [0.3, 0.4) is 0 Å². The SMILES string of the molecule is CCOc1ccccc1NC(=O)CN1CCCCCC1.Cl. The van der Waals surface area contributed by atoms with Crippen molar-refractivity contribution in [1.82, 2.24) is 4.90 Å². The van der Waals surface area contributed by atoms with E-state index in [1.165, 1.54) is 25.7 Å². The van der Waals surface area contributed by atoms with E-state index in [2.05, 4.69) is 10.2 Å². The maximum Gasteiger partial charge on any atom is 0.238 e. The number of rotatable bonds is 5. The van der Waals surface area contributed by atoms with Gasteiger partial charge in [0, 0.05) is 0 Å². The van der Waals surface area contributed by atoms with Gasteiger partial charge in [-0.25, -0.2) is 0 Å². The monoisotopic (exact) mass is 312 g/mol. The third kappa shape index (κ3) is 5.94. The molecule has 1 aliphatic heterocycles. The number of halogens is 1. The quantitative estimate of drug-likeness (QED) is 0.907. The lowest BCUT2D eigenvalue weighted by Crippen LogP contribution is -2.34. The molecule has 0 radical (unpaired) electrons. The molecule has 0 spiro atoms. The maximum absolute atomic E-state index is 12.1. The first-order valence-corrected chi connectivity index (χ1v) is 7.53. The second-order valence-electron chi connectivity index (χ2n) is 5.17. The number of likely N-dealkylation sites (tertiary alicyclic amines) is 1. The standard InChI is InChI=1S/C16H24N2O2.ClH/c1-2-20-15-10-6-5-9-14(15)17-16(19)13-18-11-7-3-4-8-12-18;/h5-6,9-10H,2-4,7-8,11-13H2,1H3,(H,17,19);1H. The summed E-state index contributed by atoms with van der Waals surface area (Å²) in [5.41, 5.74) is 0.758. The van der Waals surface area contributed by atoms with E-state index in [1.54, 1.807) is 0 Å². The van der Waals surface area contributed by atoms with Crippen LogP contribution in [0.2, 0.25) is 0 Å². The first-order valence-electron chi connectivity index (χ1n) is 7.53. The van der Waals surface area contributed by atoms with Crippen molar-refractivity contribution in [2.24, 2.45) is 0 Å². The van der Waals surface area contributed by atoms with Crippen molar-refractivity contribution in [2.45, 2.75) is 32.6 Å². The van der Waals surface area contributed by atoms with E-state index in [1.807, 2.05) is 31.2 Å². The molecule has 0 unspecified atom stereocenters. The van der Waals surface area contributed by atoms with E-state index < -0.39 is 0 Å². The van der Waals surface area contributed by atoms with Crippen molar-refractivity contribution in [1.29, 1.82) is 0 Å². The Balaban J connectivity index is 0.00000220. The summed E-state index contributed by atoms with van der Waals surface area (Å²) in [5, 5.41) is 2.96. The molecule has 0 atom stereocenters. The second kappa shape index (κ2) is 9.64. The summed E-state index contributed by atoms with van der Waals surface area (Å²) in [6.07, 6.45) is 4.96. The molecule has 0 saturated carbocycles. The normalized spacial score (nSPS) is 15.7. The lowest BCUT2D eigenvalue weighted by molar-refractivity contribution is -0.117. The number of ether oxygens (including phenoxy) is 1. The summed E-state index contributed by atoms with van der Waals surface area (Å²) in [6.45, 7) is 5.07. The van der Waals surface area contributed by atoms with Gasteiger partial charge in [-0.1, -0.05) is 25.0 Å². The van der Waals surface area contributed by atoms with Gasteiger partial charge in [-0.3, -0.25) is 9.69 Å². The first-order chi connectivity index (χ1) is 9.79. The summed E-state index contributed by atoms with van der Waals surface area (Å²) in [7, 11) is 0. The third-order valence-corrected chi connectivity index (χ3v) is 3.53. The van der Waals surface area contributed by atoms with Crippen LogP contribution in [0, 0.1) is 0 Å². The Kier molecular flexibility index (Phi) is 8.16. The molecule has 1 saturated heterocycles. The van der Waals surface area contributed by atoms with Gasteiger partial charge in [0.05, 0.1) is 18.8 Å². The van der Waals surface area contributed by atoms with E-state index in [0.717, 1.165) is 24.5 Å². The van der Waals surface area contributed by atoms with E-state index in [-0.39, 0.29) is 18.3 Å². The Labute approximate surface area is 133 Å². The molecule has 0 bridgehead atoms. The van der Waals surface area contributed by atoms with Crippen LogP contribution < -0.4 is 10.1 Å². The number of carbonyl (C=O) groups is 1. The van der Waals surface area contributed by atoms with Crippen molar-refractivity contribution in [3.05, 3.63) is 24.3 Å². The van der Waals surface area contributed by atoms with E-state index in [0.29, 0.717) is 13.2 Å². The highest BCUT2D eigenvalue weighted by Gasteiger charge is 2.14. The van der Waals surface area contributed by atoms with Crippen LogP contribution in [0.25, 0.3) is 0 Å². The zero-order valence-electron chi connectivity index (χ0n) is 12.6. The molecule has 1 fully saturated rings. The van der Waals surface area contributed by atoms with E-state index in [9.17, 15) is 4.79 Å². The molecule has 1 aromatic carbocycles. The van der Waals surface area contributed by atoms with Gasteiger partial charge >= 0.3 is 0 Å². The Morgan fingerprint density at radius 1 is 1.19 bits per heavy atom. The minimum Gasteiger partial charge on any atom is -0.492 e. The minimum absolute atomic E-state index is 0. The van der Waals surface area contributed by atoms with Gasteiger partial charge in [-0.05, 0) is 45.0 Å². The average Bonchev–Trinajstić information content (AvgIpc) is 2.70. The highest BCUT2D eigenvalue weighted by molar-refractivity contribution is 5.93. The van der Waals surface area contributed by atoms with Crippen molar-refractivity contribution >= 4 is 24.0 Å². The minimum atomic E-state index is 0. The lowest BCUT2D eigenvalue weighted by Gasteiger charge is -2.19. The largest absolute Gasteiger partial charge is 0.492 e. The molecular formula is C16H25ClN2O2. The van der Waals surface area contributed by atoms with Crippen molar-refractivity contribution in [3.8, 4) is 5.75 Å². The molecule has 0 aromatic heterocycles. The summed E-state index contributed by atoms with van der Waals surface area (Å²) < 4.78 is 5.52. The molecule has 1 aromatic rings. The Morgan fingerprint density at radius 3 is 2.52 bits per heavy atom. The topological polar surface area (TPSA) is 41.6 Å². The predicted octanol–water partition coefficient (Wildman–Crippen LogP) is 3.32. The predicted molar refractivity (Wildman–Crippen MR) is 88.4 cm³/mol. The zero-order valence-corrected chi connectivity index (χ0v) is 13.5. The molecule has 0 aliphatic carbocycles. The molecule has 1 heterocycles. The van der Waals surface area contributed by atoms with Gasteiger partial charge in [0.25, 0.3) is 0 Å². The fraction of sp³-hybridized carbons (Fsp3) is 0.562. The summed E-state index contributed by atoms with van der Waals surface area (Å²) >= 11 is 0. The Morgan fingerprint density at radius 2 is 1.86 bits per heavy atom. The molecule has 1 amide bonds. The average molecular weight is 313 g/mol. The summed E-state index contributed by atoms with van der Waals surface area (Å²) in [4.78, 5) is 14.4. The number of hydrogen-bond acceptors (Lipinski definition) is 3. The molecule has 2 rings (SSSR count). The van der Waals surface area contributed by atoms with Crippen LogP contribution in [-0.4, -0.2) is 37.0 Å². The molecular weight excluding hydrogens is 288 g/mol. The highest BCUT2D eigenvalue weighted by Crippen LogP contribution is 2.23. The number of carbonyl (C=O) groups excluding carboxylic acids is 1. The number of nitrogens with one attached hydrogen (secondary N) is 1. The summed E-state index contributed by atoms with van der Waals surface area (Å²) in [6, 6.07) is 7.58. The first kappa shape index (κ1) is 17.8. The van der Waals surface area contributed by atoms with Crippen molar-refractivity contribution in [2.75, 3.05) is 31.6 Å². The van der Waals surface area contributed by atoms with Gasteiger partial charge in [-0.2, -0.15) is 0 Å². The molecule has 4 nitrogen and oxygen atoms in total. The van der Waals surface area contributed by atoms with Crippen molar-refractivity contribution < 1.29 is 9.53 Å². The van der Waals surface area contributed by atoms with Crippen LogP contribution in [0.1, 0.15) is 32.6 Å². The number of nitrogens with zero attached hydrogens (tertiary/aromatic N) is 1. The Bertz CT molecular complexity index is 432. The number of benzene rings is 1. The van der Waals surface area contributed by atoms with Gasteiger partial charge in [0.1, 0.15) is 5.75 Å². The van der Waals surface area contributed by atoms with E-state index >= 15 is 0 Å². The fourth-order valence-electron chi connectivity index (χ4n) is 2.54. The van der Waals surface area contributed by atoms with Gasteiger partial charge in [0.15, 0.2) is 0 Å². The molecule has 1 aliphatic rings. The number of para-hydroxylation sites is 2. The lowest BCUT2D eigenvalue weighted by atomic mass is 10.2. The number of anilines is 1. The van der Waals surface area contributed by atoms with Gasteiger partial charge < -0.3 is 10.1 Å². The van der Waals surface area contributed by atoms with Crippen molar-refractivity contribution in [3.63, 3.8) is 0 Å². The van der Waals surface area contributed by atoms with Crippen LogP contribution in [-0.2, 0) is 4.79 Å². The third-order valence-electron chi connectivity index (χ3n) is 3.53. The molecule has 118 valence electrons. The van der Waals surface area contributed by atoms with E-state index in [4.69, 9.17) is 4.74 Å². The highest BCUT2D eigenvalue weighted by atomic mass is 35.5. The van der Waals surface area contributed by atoms with Gasteiger partial charge in [-0.15, -0.1) is 12.4 Å². The van der Waals surface area contributed by atoms with Crippen LogP contribution in [0.4, 0.5) is 5.69 Å². The maximum atomic E-state index is 12.1. The second-order valence-corrected chi connectivity index (χ2v) is 5.17. The molecule has 1 N–H and O–H groups in total. The van der Waals surface area contributed by atoms with Gasteiger partial charge in [0.2, 0.25) is 5.91 Å². The van der Waals surface area contributed by atoms with Crippen LogP contribution in [0.15, 0.2) is 24.3 Å². The van der Waals surface area contributed by atoms with Crippen LogP contribution in [0.5, 0.6) is 5.75 Å².